The maximum Gasteiger partial charge on any atom is 0.134 e. The summed E-state index contributed by atoms with van der Waals surface area (Å²) in [4.78, 5) is 8.12. The van der Waals surface area contributed by atoms with Crippen molar-refractivity contribution < 1.29 is 0 Å². The van der Waals surface area contributed by atoms with Crippen molar-refractivity contribution in [2.45, 2.75) is 19.8 Å². The monoisotopic (exact) mass is 242 g/mol. The molecule has 0 aliphatic rings. The predicted octanol–water partition coefficient (Wildman–Crippen LogP) is 2.41. The van der Waals surface area contributed by atoms with E-state index in [2.05, 4.69) is 39.6 Å². The molecule has 4 nitrogen and oxygen atoms in total. The Balaban J connectivity index is 1.81. The molecule has 2 rings (SSSR count). The maximum absolute atomic E-state index is 5.72. The van der Waals surface area contributed by atoms with Gasteiger partial charge < -0.3 is 11.1 Å². The van der Waals surface area contributed by atoms with Crippen molar-refractivity contribution in [3.8, 4) is 0 Å². The predicted molar refractivity (Wildman–Crippen MR) is 74.4 cm³/mol. The Labute approximate surface area is 107 Å². The lowest BCUT2D eigenvalue weighted by molar-refractivity contribution is 0.856. The van der Waals surface area contributed by atoms with Crippen molar-refractivity contribution in [3.05, 3.63) is 47.8 Å². The van der Waals surface area contributed by atoms with Crippen molar-refractivity contribution in [2.24, 2.45) is 0 Å². The third kappa shape index (κ3) is 3.20. The van der Waals surface area contributed by atoms with E-state index in [0.717, 1.165) is 30.8 Å². The van der Waals surface area contributed by atoms with Gasteiger partial charge in [0.1, 0.15) is 18.0 Å². The van der Waals surface area contributed by atoms with E-state index in [1.54, 1.807) is 0 Å². The molecular formula is C14H18N4. The van der Waals surface area contributed by atoms with Crippen LogP contribution in [-0.4, -0.2) is 16.5 Å². The summed E-state index contributed by atoms with van der Waals surface area (Å²) < 4.78 is 0. The summed E-state index contributed by atoms with van der Waals surface area (Å²) in [5.74, 6) is 1.37. The normalized spacial score (nSPS) is 10.3. The molecule has 0 fully saturated rings. The third-order valence-corrected chi connectivity index (χ3v) is 2.90. The molecule has 0 bridgehead atoms. The number of nitrogens with two attached hydrogens (primary N) is 1. The fraction of sp³-hybridized carbons (Fsp3) is 0.286. The SMILES string of the molecule is Cc1c(N)ncnc1NCCCc1ccccc1. The van der Waals surface area contributed by atoms with Crippen LogP contribution in [0.25, 0.3) is 0 Å². The lowest BCUT2D eigenvalue weighted by Gasteiger charge is -2.09. The zero-order valence-corrected chi connectivity index (χ0v) is 10.6. The van der Waals surface area contributed by atoms with E-state index < -0.39 is 0 Å². The van der Waals surface area contributed by atoms with Crippen molar-refractivity contribution in [2.75, 3.05) is 17.6 Å². The summed E-state index contributed by atoms with van der Waals surface area (Å²) in [7, 11) is 0. The average molecular weight is 242 g/mol. The van der Waals surface area contributed by atoms with Crippen LogP contribution in [0, 0.1) is 6.92 Å². The van der Waals surface area contributed by atoms with Crippen LogP contribution >= 0.6 is 0 Å². The molecule has 0 aliphatic carbocycles. The number of anilines is 2. The Bertz CT molecular complexity index is 496. The first kappa shape index (κ1) is 12.4. The molecule has 1 heterocycles. The molecule has 0 radical (unpaired) electrons. The highest BCUT2D eigenvalue weighted by Crippen LogP contribution is 2.14. The number of benzene rings is 1. The number of nitrogens with one attached hydrogen (secondary N) is 1. The fourth-order valence-corrected chi connectivity index (χ4v) is 1.79. The lowest BCUT2D eigenvalue weighted by atomic mass is 10.1. The molecule has 0 spiro atoms. The van der Waals surface area contributed by atoms with E-state index in [9.17, 15) is 0 Å². The number of hydrogen-bond acceptors (Lipinski definition) is 4. The van der Waals surface area contributed by atoms with Crippen LogP contribution in [0.3, 0.4) is 0 Å². The van der Waals surface area contributed by atoms with Crippen LogP contribution in [0.1, 0.15) is 17.5 Å². The Hall–Kier alpha value is -2.10. The highest BCUT2D eigenvalue weighted by Gasteiger charge is 2.02. The minimum Gasteiger partial charge on any atom is -0.383 e. The van der Waals surface area contributed by atoms with Gasteiger partial charge in [-0.05, 0) is 25.3 Å². The van der Waals surface area contributed by atoms with Gasteiger partial charge in [-0.1, -0.05) is 30.3 Å². The smallest absolute Gasteiger partial charge is 0.134 e. The minimum absolute atomic E-state index is 0.538. The molecule has 18 heavy (non-hydrogen) atoms. The number of rotatable bonds is 5. The molecule has 0 aliphatic heterocycles. The molecule has 0 atom stereocenters. The summed E-state index contributed by atoms with van der Waals surface area (Å²) in [6.07, 6.45) is 3.61. The second-order valence-corrected chi connectivity index (χ2v) is 4.25. The molecule has 0 saturated heterocycles. The third-order valence-electron chi connectivity index (χ3n) is 2.90. The van der Waals surface area contributed by atoms with Gasteiger partial charge in [0, 0.05) is 12.1 Å². The van der Waals surface area contributed by atoms with Gasteiger partial charge in [-0.3, -0.25) is 0 Å². The van der Waals surface area contributed by atoms with Crippen molar-refractivity contribution in [3.63, 3.8) is 0 Å². The zero-order valence-electron chi connectivity index (χ0n) is 10.6. The molecular weight excluding hydrogens is 224 g/mol. The second-order valence-electron chi connectivity index (χ2n) is 4.25. The van der Waals surface area contributed by atoms with Crippen LogP contribution in [-0.2, 0) is 6.42 Å². The highest BCUT2D eigenvalue weighted by atomic mass is 15.0. The highest BCUT2D eigenvalue weighted by molar-refractivity contribution is 5.53. The molecule has 1 aromatic carbocycles. The quantitative estimate of drug-likeness (QED) is 0.790. The van der Waals surface area contributed by atoms with Crippen LogP contribution in [0.5, 0.6) is 0 Å². The van der Waals surface area contributed by atoms with Gasteiger partial charge in [-0.25, -0.2) is 9.97 Å². The van der Waals surface area contributed by atoms with Crippen molar-refractivity contribution >= 4 is 11.6 Å². The first-order chi connectivity index (χ1) is 8.77. The number of nitrogens with zero attached hydrogens (tertiary/aromatic N) is 2. The lowest BCUT2D eigenvalue weighted by Crippen LogP contribution is -2.08. The standard InChI is InChI=1S/C14H18N4/c1-11-13(15)17-10-18-14(11)16-9-5-8-12-6-3-2-4-7-12/h2-4,6-7,10H,5,8-9H2,1H3,(H3,15,16,17,18). The van der Waals surface area contributed by atoms with Crippen LogP contribution in [0.4, 0.5) is 11.6 Å². The Morgan fingerprint density at radius 3 is 2.72 bits per heavy atom. The van der Waals surface area contributed by atoms with E-state index in [1.807, 2.05) is 13.0 Å². The van der Waals surface area contributed by atoms with Gasteiger partial charge in [0.2, 0.25) is 0 Å². The Kier molecular flexibility index (Phi) is 4.12. The summed E-state index contributed by atoms with van der Waals surface area (Å²) in [5, 5.41) is 3.29. The zero-order chi connectivity index (χ0) is 12.8. The molecule has 3 N–H and O–H groups in total. The number of hydrogen-bond donors (Lipinski definition) is 2. The number of nitrogen functional groups attached to an aromatic ring is 1. The van der Waals surface area contributed by atoms with Gasteiger partial charge in [0.05, 0.1) is 0 Å². The van der Waals surface area contributed by atoms with Crippen LogP contribution in [0.2, 0.25) is 0 Å². The molecule has 0 saturated carbocycles. The van der Waals surface area contributed by atoms with E-state index in [1.165, 1.54) is 11.9 Å². The van der Waals surface area contributed by atoms with Crippen molar-refractivity contribution in [1.82, 2.24) is 9.97 Å². The molecule has 0 amide bonds. The number of aromatic nitrogens is 2. The van der Waals surface area contributed by atoms with Gasteiger partial charge in [0.15, 0.2) is 0 Å². The molecule has 4 heteroatoms. The number of aryl methyl sites for hydroxylation is 1. The van der Waals surface area contributed by atoms with Gasteiger partial charge in [0.25, 0.3) is 0 Å². The summed E-state index contributed by atoms with van der Waals surface area (Å²) in [6.45, 7) is 2.81. The maximum atomic E-state index is 5.72. The van der Waals surface area contributed by atoms with Crippen LogP contribution < -0.4 is 11.1 Å². The van der Waals surface area contributed by atoms with E-state index in [4.69, 9.17) is 5.73 Å². The summed E-state index contributed by atoms with van der Waals surface area (Å²) >= 11 is 0. The largest absolute Gasteiger partial charge is 0.383 e. The Morgan fingerprint density at radius 1 is 1.17 bits per heavy atom. The van der Waals surface area contributed by atoms with E-state index >= 15 is 0 Å². The molecule has 2 aromatic rings. The summed E-state index contributed by atoms with van der Waals surface area (Å²) in [5.41, 5.74) is 8.00. The fourth-order valence-electron chi connectivity index (χ4n) is 1.79. The van der Waals surface area contributed by atoms with E-state index in [0.29, 0.717) is 5.82 Å². The van der Waals surface area contributed by atoms with Gasteiger partial charge >= 0.3 is 0 Å². The molecule has 1 aromatic heterocycles. The van der Waals surface area contributed by atoms with Crippen LogP contribution in [0.15, 0.2) is 36.7 Å². The summed E-state index contributed by atoms with van der Waals surface area (Å²) in [6, 6.07) is 10.5. The topological polar surface area (TPSA) is 63.8 Å². The van der Waals surface area contributed by atoms with Gasteiger partial charge in [-0.2, -0.15) is 0 Å². The van der Waals surface area contributed by atoms with Gasteiger partial charge in [-0.15, -0.1) is 0 Å². The molecule has 94 valence electrons. The first-order valence-electron chi connectivity index (χ1n) is 6.12. The molecule has 0 unspecified atom stereocenters. The Morgan fingerprint density at radius 2 is 1.94 bits per heavy atom. The average Bonchev–Trinajstić information content (AvgIpc) is 2.40. The second kappa shape index (κ2) is 6.00. The minimum atomic E-state index is 0.538. The van der Waals surface area contributed by atoms with Crippen molar-refractivity contribution in [1.29, 1.82) is 0 Å². The van der Waals surface area contributed by atoms with E-state index in [-0.39, 0.29) is 0 Å². The first-order valence-corrected chi connectivity index (χ1v) is 6.12.